The number of hydrogen-bond acceptors (Lipinski definition) is 5. The lowest BCUT2D eigenvalue weighted by Crippen LogP contribution is -2.17. The Morgan fingerprint density at radius 3 is 2.95 bits per heavy atom. The number of carbonyl (C=O) groups is 1. The van der Waals surface area contributed by atoms with Crippen molar-refractivity contribution in [2.24, 2.45) is 0 Å². The van der Waals surface area contributed by atoms with Crippen molar-refractivity contribution in [2.75, 3.05) is 11.9 Å². The zero-order valence-corrected chi connectivity index (χ0v) is 11.6. The SMILES string of the molecule is CC(C)OC(=O)c1cccnc1NCCn1cccn1. The summed E-state index contributed by atoms with van der Waals surface area (Å²) in [6, 6.07) is 5.29. The molecule has 106 valence electrons. The first kappa shape index (κ1) is 14.0. The van der Waals surface area contributed by atoms with Crippen LogP contribution in [0.5, 0.6) is 0 Å². The van der Waals surface area contributed by atoms with E-state index in [0.29, 0.717) is 24.5 Å². The van der Waals surface area contributed by atoms with Gasteiger partial charge in [0.25, 0.3) is 0 Å². The number of anilines is 1. The van der Waals surface area contributed by atoms with Crippen LogP contribution in [0.15, 0.2) is 36.8 Å². The van der Waals surface area contributed by atoms with Gasteiger partial charge in [-0.15, -0.1) is 0 Å². The molecule has 2 aromatic rings. The van der Waals surface area contributed by atoms with Crippen LogP contribution in [0.2, 0.25) is 0 Å². The van der Waals surface area contributed by atoms with Crippen LogP contribution in [0.4, 0.5) is 5.82 Å². The minimum Gasteiger partial charge on any atom is -0.459 e. The lowest BCUT2D eigenvalue weighted by molar-refractivity contribution is 0.0378. The highest BCUT2D eigenvalue weighted by atomic mass is 16.5. The van der Waals surface area contributed by atoms with E-state index >= 15 is 0 Å². The Labute approximate surface area is 117 Å². The number of ether oxygens (including phenoxy) is 1. The zero-order chi connectivity index (χ0) is 14.4. The number of aromatic nitrogens is 3. The lowest BCUT2D eigenvalue weighted by Gasteiger charge is -2.12. The quantitative estimate of drug-likeness (QED) is 0.815. The third-order valence-electron chi connectivity index (χ3n) is 2.56. The molecular formula is C14H18N4O2. The van der Waals surface area contributed by atoms with Crippen molar-refractivity contribution in [1.82, 2.24) is 14.8 Å². The Kier molecular flexibility index (Phi) is 4.70. The number of nitrogens with one attached hydrogen (secondary N) is 1. The molecular weight excluding hydrogens is 256 g/mol. The molecule has 0 spiro atoms. The molecule has 0 unspecified atom stereocenters. The Morgan fingerprint density at radius 2 is 2.25 bits per heavy atom. The molecule has 0 aliphatic heterocycles. The molecule has 0 radical (unpaired) electrons. The predicted octanol–water partition coefficient (Wildman–Crippen LogP) is 1.96. The van der Waals surface area contributed by atoms with Gasteiger partial charge >= 0.3 is 5.97 Å². The number of esters is 1. The first-order valence-electron chi connectivity index (χ1n) is 6.54. The third kappa shape index (κ3) is 3.81. The average molecular weight is 274 g/mol. The van der Waals surface area contributed by atoms with Gasteiger partial charge < -0.3 is 10.1 Å². The van der Waals surface area contributed by atoms with E-state index < -0.39 is 0 Å². The fourth-order valence-corrected chi connectivity index (χ4v) is 1.71. The molecule has 0 bridgehead atoms. The summed E-state index contributed by atoms with van der Waals surface area (Å²) in [4.78, 5) is 16.1. The Hall–Kier alpha value is -2.37. The van der Waals surface area contributed by atoms with Crippen LogP contribution in [0, 0.1) is 0 Å². The molecule has 0 amide bonds. The molecule has 0 aliphatic rings. The maximum atomic E-state index is 11.9. The molecule has 2 aromatic heterocycles. The molecule has 0 atom stereocenters. The standard InChI is InChI=1S/C14H18N4O2/c1-11(2)20-14(19)12-5-3-6-15-13(12)16-8-10-18-9-4-7-17-18/h3-7,9,11H,8,10H2,1-2H3,(H,15,16). The van der Waals surface area contributed by atoms with Crippen LogP contribution in [0.1, 0.15) is 24.2 Å². The minimum absolute atomic E-state index is 0.153. The molecule has 2 heterocycles. The van der Waals surface area contributed by atoms with Crippen LogP contribution in [0.3, 0.4) is 0 Å². The molecule has 2 rings (SSSR count). The van der Waals surface area contributed by atoms with Crippen LogP contribution < -0.4 is 5.32 Å². The average Bonchev–Trinajstić information content (AvgIpc) is 2.91. The van der Waals surface area contributed by atoms with Crippen LogP contribution >= 0.6 is 0 Å². The van der Waals surface area contributed by atoms with Crippen LogP contribution in [0.25, 0.3) is 0 Å². The summed E-state index contributed by atoms with van der Waals surface area (Å²) in [5.74, 6) is 0.167. The van der Waals surface area contributed by atoms with E-state index in [0.717, 1.165) is 0 Å². The Balaban J connectivity index is 1.98. The van der Waals surface area contributed by atoms with E-state index in [2.05, 4.69) is 15.4 Å². The number of hydrogen-bond donors (Lipinski definition) is 1. The van der Waals surface area contributed by atoms with Gasteiger partial charge in [-0.3, -0.25) is 4.68 Å². The van der Waals surface area contributed by atoms with Gasteiger partial charge in [-0.2, -0.15) is 5.10 Å². The van der Waals surface area contributed by atoms with Gasteiger partial charge in [0, 0.05) is 25.1 Å². The van der Waals surface area contributed by atoms with Crippen molar-refractivity contribution in [3.05, 3.63) is 42.4 Å². The second-order valence-corrected chi connectivity index (χ2v) is 4.55. The van der Waals surface area contributed by atoms with E-state index in [1.54, 1.807) is 24.5 Å². The van der Waals surface area contributed by atoms with Crippen molar-refractivity contribution >= 4 is 11.8 Å². The highest BCUT2D eigenvalue weighted by molar-refractivity contribution is 5.94. The smallest absolute Gasteiger partial charge is 0.342 e. The molecule has 20 heavy (non-hydrogen) atoms. The normalized spacial score (nSPS) is 10.6. The topological polar surface area (TPSA) is 69.0 Å². The van der Waals surface area contributed by atoms with E-state index in [1.165, 1.54) is 0 Å². The minimum atomic E-state index is -0.366. The van der Waals surface area contributed by atoms with Gasteiger partial charge in [-0.05, 0) is 32.0 Å². The van der Waals surface area contributed by atoms with Gasteiger partial charge in [0.2, 0.25) is 0 Å². The molecule has 0 aromatic carbocycles. The molecule has 0 saturated carbocycles. The summed E-state index contributed by atoms with van der Waals surface area (Å²) in [7, 11) is 0. The fourth-order valence-electron chi connectivity index (χ4n) is 1.71. The summed E-state index contributed by atoms with van der Waals surface area (Å²) >= 11 is 0. The molecule has 0 aliphatic carbocycles. The fraction of sp³-hybridized carbons (Fsp3) is 0.357. The van der Waals surface area contributed by atoms with E-state index in [1.807, 2.05) is 30.8 Å². The molecule has 6 heteroatoms. The van der Waals surface area contributed by atoms with Crippen molar-refractivity contribution in [1.29, 1.82) is 0 Å². The van der Waals surface area contributed by atoms with Gasteiger partial charge in [-0.1, -0.05) is 0 Å². The largest absolute Gasteiger partial charge is 0.459 e. The highest BCUT2D eigenvalue weighted by Crippen LogP contribution is 2.13. The highest BCUT2D eigenvalue weighted by Gasteiger charge is 2.14. The number of pyridine rings is 1. The first-order valence-corrected chi connectivity index (χ1v) is 6.54. The van der Waals surface area contributed by atoms with Gasteiger partial charge in [0.1, 0.15) is 11.4 Å². The maximum Gasteiger partial charge on any atom is 0.342 e. The summed E-state index contributed by atoms with van der Waals surface area (Å²) in [5, 5.41) is 7.24. The Bertz CT molecular complexity index is 552. The van der Waals surface area contributed by atoms with E-state index in [4.69, 9.17) is 4.74 Å². The van der Waals surface area contributed by atoms with E-state index in [-0.39, 0.29) is 12.1 Å². The van der Waals surface area contributed by atoms with Crippen LogP contribution in [-0.2, 0) is 11.3 Å². The molecule has 0 fully saturated rings. The third-order valence-corrected chi connectivity index (χ3v) is 2.56. The summed E-state index contributed by atoms with van der Waals surface area (Å²) in [6.45, 7) is 4.96. The van der Waals surface area contributed by atoms with Crippen molar-refractivity contribution in [3.63, 3.8) is 0 Å². The van der Waals surface area contributed by atoms with Gasteiger partial charge in [-0.25, -0.2) is 9.78 Å². The lowest BCUT2D eigenvalue weighted by atomic mass is 10.2. The molecule has 0 saturated heterocycles. The number of rotatable bonds is 6. The van der Waals surface area contributed by atoms with Gasteiger partial charge in [0.15, 0.2) is 0 Å². The summed E-state index contributed by atoms with van der Waals surface area (Å²) < 4.78 is 7.00. The predicted molar refractivity (Wildman–Crippen MR) is 75.5 cm³/mol. The summed E-state index contributed by atoms with van der Waals surface area (Å²) in [6.07, 6.45) is 5.10. The van der Waals surface area contributed by atoms with Crippen molar-refractivity contribution < 1.29 is 9.53 Å². The second kappa shape index (κ2) is 6.70. The van der Waals surface area contributed by atoms with Gasteiger partial charge in [0.05, 0.1) is 12.6 Å². The number of carbonyl (C=O) groups excluding carboxylic acids is 1. The van der Waals surface area contributed by atoms with E-state index in [9.17, 15) is 4.79 Å². The number of nitrogens with zero attached hydrogens (tertiary/aromatic N) is 3. The maximum absolute atomic E-state index is 11.9. The summed E-state index contributed by atoms with van der Waals surface area (Å²) in [5.41, 5.74) is 0.446. The molecule has 1 N–H and O–H groups in total. The Morgan fingerprint density at radius 1 is 1.40 bits per heavy atom. The van der Waals surface area contributed by atoms with Crippen molar-refractivity contribution in [2.45, 2.75) is 26.5 Å². The van der Waals surface area contributed by atoms with Crippen LogP contribution in [-0.4, -0.2) is 33.4 Å². The first-order chi connectivity index (χ1) is 9.66. The molecule has 6 nitrogen and oxygen atoms in total. The second-order valence-electron chi connectivity index (χ2n) is 4.55. The zero-order valence-electron chi connectivity index (χ0n) is 11.6. The van der Waals surface area contributed by atoms with Crippen molar-refractivity contribution in [3.8, 4) is 0 Å². The monoisotopic (exact) mass is 274 g/mol.